The van der Waals surface area contributed by atoms with Gasteiger partial charge in [0.05, 0.1) is 12.2 Å². The van der Waals surface area contributed by atoms with Crippen LogP contribution in [-0.4, -0.2) is 18.4 Å². The third-order valence-corrected chi connectivity index (χ3v) is 5.13. The minimum Gasteiger partial charge on any atom is -0.474 e. The molecule has 1 aliphatic heterocycles. The van der Waals surface area contributed by atoms with Crippen molar-refractivity contribution in [2.45, 2.75) is 13.0 Å². The molecule has 0 amide bonds. The summed E-state index contributed by atoms with van der Waals surface area (Å²) in [5.74, 6) is 0.436. The highest BCUT2D eigenvalue weighted by Gasteiger charge is 2.29. The summed E-state index contributed by atoms with van der Waals surface area (Å²) in [4.78, 5) is 25.9. The average Bonchev–Trinajstić information content (AvgIpc) is 3.35. The minimum absolute atomic E-state index is 0.176. The lowest BCUT2D eigenvalue weighted by Crippen LogP contribution is -2.21. The minimum atomic E-state index is -0.910. The fraction of sp³-hybridized carbons (Fsp3) is 0.130. The summed E-state index contributed by atoms with van der Waals surface area (Å²) in [6.07, 6.45) is 0.811. The van der Waals surface area contributed by atoms with Crippen molar-refractivity contribution < 1.29 is 23.8 Å². The zero-order valence-corrected chi connectivity index (χ0v) is 16.5. The predicted octanol–water partition coefficient (Wildman–Crippen LogP) is 5.05. The summed E-state index contributed by atoms with van der Waals surface area (Å²) >= 11 is 1.52. The third-order valence-electron chi connectivity index (χ3n) is 4.31. The number of fused-ring (bicyclic) bond motifs is 1. The van der Waals surface area contributed by atoms with Gasteiger partial charge in [-0.25, -0.2) is 4.79 Å². The summed E-state index contributed by atoms with van der Waals surface area (Å²) in [6, 6.07) is 17.9. The van der Waals surface area contributed by atoms with Crippen molar-refractivity contribution in [2.24, 2.45) is 0 Å². The molecule has 0 fully saturated rings. The van der Waals surface area contributed by atoms with Crippen LogP contribution in [0.25, 0.3) is 6.08 Å². The molecule has 2 aromatic carbocycles. The van der Waals surface area contributed by atoms with Crippen molar-refractivity contribution in [3.63, 3.8) is 0 Å². The van der Waals surface area contributed by atoms with E-state index in [0.29, 0.717) is 22.6 Å². The maximum absolute atomic E-state index is 12.6. The first-order valence-corrected chi connectivity index (χ1v) is 10.0. The van der Waals surface area contributed by atoms with Gasteiger partial charge in [0.2, 0.25) is 11.9 Å². The van der Waals surface area contributed by atoms with Crippen molar-refractivity contribution in [1.82, 2.24) is 0 Å². The van der Waals surface area contributed by atoms with Crippen LogP contribution in [0.1, 0.15) is 33.8 Å². The molecule has 5 nitrogen and oxygen atoms in total. The first-order valence-electron chi connectivity index (χ1n) is 9.15. The SMILES string of the molecule is CCOC(=O)C(Oc1ccc2c(c1)OC(=Cc1cccs1)C2=O)c1ccccc1. The van der Waals surface area contributed by atoms with Crippen LogP contribution in [0.4, 0.5) is 0 Å². The molecule has 0 aliphatic carbocycles. The van der Waals surface area contributed by atoms with Gasteiger partial charge in [0.15, 0.2) is 5.76 Å². The fourth-order valence-corrected chi connectivity index (χ4v) is 3.62. The maximum atomic E-state index is 12.6. The predicted molar refractivity (Wildman–Crippen MR) is 110 cm³/mol. The van der Waals surface area contributed by atoms with Crippen LogP contribution in [0.15, 0.2) is 71.8 Å². The number of esters is 1. The van der Waals surface area contributed by atoms with E-state index in [1.807, 2.05) is 35.7 Å². The number of rotatable bonds is 6. The number of carbonyl (C=O) groups is 2. The van der Waals surface area contributed by atoms with Gasteiger partial charge in [0.1, 0.15) is 11.5 Å². The quantitative estimate of drug-likeness (QED) is 0.424. The zero-order valence-electron chi connectivity index (χ0n) is 15.7. The van der Waals surface area contributed by atoms with Crippen LogP contribution in [0.5, 0.6) is 11.5 Å². The molecule has 1 aliphatic rings. The Bertz CT molecular complexity index is 1050. The molecule has 0 saturated carbocycles. The van der Waals surface area contributed by atoms with Crippen molar-refractivity contribution in [1.29, 1.82) is 0 Å². The number of hydrogen-bond acceptors (Lipinski definition) is 6. The standard InChI is InChI=1S/C23H18O5S/c1-2-26-23(25)22(15-7-4-3-5-8-15)27-16-10-11-18-19(13-16)28-20(21(18)24)14-17-9-6-12-29-17/h3-14,22H,2H2,1H3. The molecular weight excluding hydrogens is 388 g/mol. The second kappa shape index (κ2) is 8.32. The zero-order chi connectivity index (χ0) is 20.2. The van der Waals surface area contributed by atoms with Crippen molar-refractivity contribution in [3.8, 4) is 11.5 Å². The number of Topliss-reactive ketones (excluding diaryl/α,β-unsaturated/α-hetero) is 1. The van der Waals surface area contributed by atoms with Crippen molar-refractivity contribution in [3.05, 3.63) is 87.8 Å². The van der Waals surface area contributed by atoms with E-state index < -0.39 is 12.1 Å². The number of benzene rings is 2. The third kappa shape index (κ3) is 4.07. The number of carbonyl (C=O) groups excluding carboxylic acids is 2. The molecule has 1 atom stereocenters. The first kappa shape index (κ1) is 19.0. The van der Waals surface area contributed by atoms with E-state index in [1.54, 1.807) is 43.3 Å². The topological polar surface area (TPSA) is 61.8 Å². The monoisotopic (exact) mass is 406 g/mol. The van der Waals surface area contributed by atoms with Gasteiger partial charge in [-0.15, -0.1) is 11.3 Å². The Morgan fingerprint density at radius 2 is 1.97 bits per heavy atom. The largest absolute Gasteiger partial charge is 0.474 e. The molecule has 0 radical (unpaired) electrons. The van der Waals surface area contributed by atoms with Crippen LogP contribution in [-0.2, 0) is 9.53 Å². The highest BCUT2D eigenvalue weighted by Crippen LogP contribution is 2.36. The van der Waals surface area contributed by atoms with E-state index >= 15 is 0 Å². The van der Waals surface area contributed by atoms with Gasteiger partial charge in [-0.1, -0.05) is 36.4 Å². The van der Waals surface area contributed by atoms with Gasteiger partial charge in [-0.2, -0.15) is 0 Å². The van der Waals surface area contributed by atoms with E-state index in [4.69, 9.17) is 14.2 Å². The second-order valence-corrected chi connectivity index (χ2v) is 7.25. The van der Waals surface area contributed by atoms with E-state index in [2.05, 4.69) is 0 Å². The summed E-state index contributed by atoms with van der Waals surface area (Å²) in [7, 11) is 0. The number of allylic oxidation sites excluding steroid dienone is 1. The molecule has 1 aromatic heterocycles. The highest BCUT2D eigenvalue weighted by molar-refractivity contribution is 7.10. The fourth-order valence-electron chi connectivity index (χ4n) is 2.98. The van der Waals surface area contributed by atoms with Gasteiger partial charge in [-0.3, -0.25) is 4.79 Å². The summed E-state index contributed by atoms with van der Waals surface area (Å²) < 4.78 is 16.8. The Kier molecular flexibility index (Phi) is 5.44. The van der Waals surface area contributed by atoms with Crippen molar-refractivity contribution >= 4 is 29.2 Å². The Hall–Kier alpha value is -3.38. The van der Waals surface area contributed by atoms with Crippen molar-refractivity contribution in [2.75, 3.05) is 6.61 Å². The molecule has 3 aromatic rings. The van der Waals surface area contributed by atoms with Gasteiger partial charge in [-0.05, 0) is 30.5 Å². The molecule has 1 unspecified atom stereocenters. The van der Waals surface area contributed by atoms with E-state index in [1.165, 1.54) is 11.3 Å². The van der Waals surface area contributed by atoms with Crippen LogP contribution in [0.3, 0.4) is 0 Å². The lowest BCUT2D eigenvalue weighted by Gasteiger charge is -2.18. The molecule has 0 bridgehead atoms. The van der Waals surface area contributed by atoms with E-state index in [9.17, 15) is 9.59 Å². The summed E-state index contributed by atoms with van der Waals surface area (Å²) in [5.41, 5.74) is 1.15. The van der Waals surface area contributed by atoms with E-state index in [0.717, 1.165) is 4.88 Å². The molecule has 0 N–H and O–H groups in total. The molecule has 29 heavy (non-hydrogen) atoms. The highest BCUT2D eigenvalue weighted by atomic mass is 32.1. The lowest BCUT2D eigenvalue weighted by molar-refractivity contribution is -0.151. The summed E-state index contributed by atoms with van der Waals surface area (Å²) in [5, 5.41) is 1.93. The molecule has 0 saturated heterocycles. The Labute approximate surface area is 172 Å². The number of thiophene rings is 1. The first-order chi connectivity index (χ1) is 14.2. The molecule has 2 heterocycles. The van der Waals surface area contributed by atoms with Crippen LogP contribution < -0.4 is 9.47 Å². The normalized spacial score (nSPS) is 14.9. The number of ketones is 1. The average molecular weight is 406 g/mol. The molecular formula is C23H18O5S. The van der Waals surface area contributed by atoms with Gasteiger partial charge in [0, 0.05) is 22.6 Å². The smallest absolute Gasteiger partial charge is 0.352 e. The maximum Gasteiger partial charge on any atom is 0.352 e. The Balaban J connectivity index is 1.59. The molecule has 0 spiro atoms. The summed E-state index contributed by atoms with van der Waals surface area (Å²) in [6.45, 7) is 2.00. The molecule has 4 rings (SSSR count). The number of ether oxygens (including phenoxy) is 3. The molecule has 6 heteroatoms. The van der Waals surface area contributed by atoms with Crippen LogP contribution >= 0.6 is 11.3 Å². The Morgan fingerprint density at radius 3 is 2.69 bits per heavy atom. The van der Waals surface area contributed by atoms with Gasteiger partial charge >= 0.3 is 5.97 Å². The van der Waals surface area contributed by atoms with Crippen LogP contribution in [0.2, 0.25) is 0 Å². The van der Waals surface area contributed by atoms with E-state index in [-0.39, 0.29) is 18.1 Å². The van der Waals surface area contributed by atoms with Gasteiger partial charge < -0.3 is 14.2 Å². The van der Waals surface area contributed by atoms with Crippen LogP contribution in [0, 0.1) is 0 Å². The molecule has 146 valence electrons. The lowest BCUT2D eigenvalue weighted by atomic mass is 10.1. The number of hydrogen-bond donors (Lipinski definition) is 0. The Morgan fingerprint density at radius 1 is 1.14 bits per heavy atom. The van der Waals surface area contributed by atoms with Gasteiger partial charge in [0.25, 0.3) is 0 Å². The second-order valence-electron chi connectivity index (χ2n) is 6.27.